The van der Waals surface area contributed by atoms with Gasteiger partial charge in [-0.1, -0.05) is 0 Å². The number of hydrogen-bond donors (Lipinski definition) is 1. The van der Waals surface area contributed by atoms with Crippen molar-refractivity contribution >= 4 is 11.7 Å². The Balaban J connectivity index is 1.67. The molecule has 3 rings (SSSR count). The molecular weight excluding hydrogens is 282 g/mol. The molecule has 1 atom stereocenters. The molecule has 22 heavy (non-hydrogen) atoms. The zero-order valence-electron chi connectivity index (χ0n) is 13.2. The third-order valence-electron chi connectivity index (χ3n) is 3.99. The molecule has 0 bridgehead atoms. The van der Waals surface area contributed by atoms with Crippen LogP contribution in [0, 0.1) is 13.8 Å². The lowest BCUT2D eigenvalue weighted by molar-refractivity contribution is 0.0927. The van der Waals surface area contributed by atoms with Crippen LogP contribution in [-0.4, -0.2) is 39.8 Å². The summed E-state index contributed by atoms with van der Waals surface area (Å²) in [6.45, 7) is 5.27. The number of hydrogen-bond acceptors (Lipinski definition) is 5. The van der Waals surface area contributed by atoms with Crippen molar-refractivity contribution in [2.75, 3.05) is 18.0 Å². The molecule has 3 heterocycles. The molecule has 2 aromatic heterocycles. The molecule has 1 unspecified atom stereocenters. The minimum atomic E-state index is -0.161. The zero-order valence-corrected chi connectivity index (χ0v) is 13.2. The molecule has 0 aliphatic carbocycles. The van der Waals surface area contributed by atoms with E-state index in [2.05, 4.69) is 20.3 Å². The fraction of sp³-hybridized carbons (Fsp3) is 0.533. The van der Waals surface area contributed by atoms with Crippen LogP contribution in [0.5, 0.6) is 0 Å². The Morgan fingerprint density at radius 3 is 2.91 bits per heavy atom. The van der Waals surface area contributed by atoms with Gasteiger partial charge < -0.3 is 14.6 Å². The average Bonchev–Trinajstić information content (AvgIpc) is 3.04. The van der Waals surface area contributed by atoms with Crippen LogP contribution in [0.15, 0.2) is 16.7 Å². The van der Waals surface area contributed by atoms with Crippen LogP contribution in [0.1, 0.15) is 35.0 Å². The lowest BCUT2D eigenvalue weighted by atomic mass is 10.1. The van der Waals surface area contributed by atoms with E-state index < -0.39 is 0 Å². The van der Waals surface area contributed by atoms with Gasteiger partial charge >= 0.3 is 0 Å². The van der Waals surface area contributed by atoms with E-state index in [1.54, 1.807) is 20.0 Å². The molecule has 0 radical (unpaired) electrons. The number of amides is 1. The van der Waals surface area contributed by atoms with Gasteiger partial charge in [-0.2, -0.15) is 5.10 Å². The Morgan fingerprint density at radius 1 is 1.45 bits per heavy atom. The van der Waals surface area contributed by atoms with Gasteiger partial charge in [-0.05, 0) is 19.8 Å². The maximum absolute atomic E-state index is 12.3. The fourth-order valence-electron chi connectivity index (χ4n) is 2.97. The maximum atomic E-state index is 12.3. The van der Waals surface area contributed by atoms with Crippen LogP contribution >= 0.6 is 0 Å². The first kappa shape index (κ1) is 14.6. The quantitative estimate of drug-likeness (QED) is 0.928. The van der Waals surface area contributed by atoms with Gasteiger partial charge in [0.1, 0.15) is 11.6 Å². The summed E-state index contributed by atoms with van der Waals surface area (Å²) in [6, 6.07) is 2.10. The first-order valence-electron chi connectivity index (χ1n) is 7.52. The highest BCUT2D eigenvalue weighted by molar-refractivity contribution is 5.93. The van der Waals surface area contributed by atoms with Gasteiger partial charge in [-0.15, -0.1) is 0 Å². The maximum Gasteiger partial charge on any atom is 0.273 e. The summed E-state index contributed by atoms with van der Waals surface area (Å²) in [5.74, 6) is 2.00. The number of nitrogens with zero attached hydrogens (tertiary/aromatic N) is 4. The Morgan fingerprint density at radius 2 is 2.27 bits per heavy atom. The van der Waals surface area contributed by atoms with Crippen molar-refractivity contribution in [1.29, 1.82) is 0 Å². The molecule has 1 N–H and O–H groups in total. The minimum absolute atomic E-state index is 0.104. The summed E-state index contributed by atoms with van der Waals surface area (Å²) >= 11 is 0. The van der Waals surface area contributed by atoms with Gasteiger partial charge in [-0.25, -0.2) is 4.98 Å². The van der Waals surface area contributed by atoms with Crippen molar-refractivity contribution in [3.8, 4) is 0 Å². The first-order valence-corrected chi connectivity index (χ1v) is 7.52. The van der Waals surface area contributed by atoms with Gasteiger partial charge in [0.05, 0.1) is 6.20 Å². The molecule has 0 saturated carbocycles. The van der Waals surface area contributed by atoms with Crippen molar-refractivity contribution in [1.82, 2.24) is 20.1 Å². The molecule has 7 nitrogen and oxygen atoms in total. The summed E-state index contributed by atoms with van der Waals surface area (Å²) in [5.41, 5.74) is 0.384. The van der Waals surface area contributed by atoms with E-state index in [1.807, 2.05) is 17.8 Å². The SMILES string of the molecule is Cc1nc(C(=O)NC2CCCN(c3ccnn3C)C2)c(C)o1. The predicted octanol–water partition coefficient (Wildman–Crippen LogP) is 1.42. The lowest BCUT2D eigenvalue weighted by Crippen LogP contribution is -2.48. The predicted molar refractivity (Wildman–Crippen MR) is 81.9 cm³/mol. The minimum Gasteiger partial charge on any atom is -0.445 e. The molecule has 1 amide bonds. The number of aryl methyl sites for hydroxylation is 3. The topological polar surface area (TPSA) is 76.2 Å². The number of oxazole rings is 1. The molecule has 1 saturated heterocycles. The molecule has 1 aliphatic rings. The van der Waals surface area contributed by atoms with E-state index >= 15 is 0 Å². The number of aromatic nitrogens is 3. The van der Waals surface area contributed by atoms with Crippen LogP contribution in [0.25, 0.3) is 0 Å². The average molecular weight is 303 g/mol. The lowest BCUT2D eigenvalue weighted by Gasteiger charge is -2.34. The second-order valence-electron chi connectivity index (χ2n) is 5.71. The van der Waals surface area contributed by atoms with Gasteiger partial charge in [0.2, 0.25) is 0 Å². The number of rotatable bonds is 3. The Kier molecular flexibility index (Phi) is 3.87. The Labute approximate surface area is 129 Å². The summed E-state index contributed by atoms with van der Waals surface area (Å²) in [7, 11) is 1.93. The highest BCUT2D eigenvalue weighted by Crippen LogP contribution is 2.19. The number of carbonyl (C=O) groups excluding carboxylic acids is 1. The van der Waals surface area contributed by atoms with Crippen molar-refractivity contribution in [2.24, 2.45) is 7.05 Å². The van der Waals surface area contributed by atoms with E-state index in [9.17, 15) is 4.79 Å². The molecule has 118 valence electrons. The van der Waals surface area contributed by atoms with E-state index in [1.165, 1.54) is 0 Å². The molecule has 2 aromatic rings. The number of nitrogens with one attached hydrogen (secondary N) is 1. The zero-order chi connectivity index (χ0) is 15.7. The second kappa shape index (κ2) is 5.82. The van der Waals surface area contributed by atoms with Gasteiger partial charge in [0.15, 0.2) is 11.6 Å². The highest BCUT2D eigenvalue weighted by Gasteiger charge is 2.25. The normalized spacial score (nSPS) is 18.5. The molecule has 0 aromatic carbocycles. The van der Waals surface area contributed by atoms with Crippen molar-refractivity contribution < 1.29 is 9.21 Å². The molecule has 1 aliphatic heterocycles. The third kappa shape index (κ3) is 2.84. The van der Waals surface area contributed by atoms with Crippen molar-refractivity contribution in [3.63, 3.8) is 0 Å². The Hall–Kier alpha value is -2.31. The van der Waals surface area contributed by atoms with E-state index in [4.69, 9.17) is 4.42 Å². The van der Waals surface area contributed by atoms with Crippen LogP contribution < -0.4 is 10.2 Å². The summed E-state index contributed by atoms with van der Waals surface area (Å²) in [6.07, 6.45) is 3.79. The standard InChI is InChI=1S/C15H21N5O2/c1-10-14(17-11(2)22-10)15(21)18-12-5-4-8-20(9-12)13-6-7-16-19(13)3/h6-7,12H,4-5,8-9H2,1-3H3,(H,18,21). The molecule has 1 fully saturated rings. The van der Waals surface area contributed by atoms with Gasteiger partial charge in [0.25, 0.3) is 5.91 Å². The van der Waals surface area contributed by atoms with E-state index in [0.29, 0.717) is 17.3 Å². The molecular formula is C15H21N5O2. The van der Waals surface area contributed by atoms with Gasteiger partial charge in [0, 0.05) is 39.2 Å². The second-order valence-corrected chi connectivity index (χ2v) is 5.71. The van der Waals surface area contributed by atoms with Crippen LogP contribution in [0.3, 0.4) is 0 Å². The highest BCUT2D eigenvalue weighted by atomic mass is 16.4. The third-order valence-corrected chi connectivity index (χ3v) is 3.99. The Bertz CT molecular complexity index is 675. The molecule has 0 spiro atoms. The van der Waals surface area contributed by atoms with Crippen LogP contribution in [0.4, 0.5) is 5.82 Å². The fourth-order valence-corrected chi connectivity index (χ4v) is 2.97. The van der Waals surface area contributed by atoms with Crippen LogP contribution in [0.2, 0.25) is 0 Å². The number of piperidine rings is 1. The summed E-state index contributed by atoms with van der Waals surface area (Å²) in [4.78, 5) is 18.7. The summed E-state index contributed by atoms with van der Waals surface area (Å²) < 4.78 is 7.18. The number of anilines is 1. The van der Waals surface area contributed by atoms with Crippen molar-refractivity contribution in [3.05, 3.63) is 29.6 Å². The van der Waals surface area contributed by atoms with E-state index in [0.717, 1.165) is 31.7 Å². The summed E-state index contributed by atoms with van der Waals surface area (Å²) in [5, 5.41) is 7.27. The van der Waals surface area contributed by atoms with Gasteiger partial charge in [-0.3, -0.25) is 9.48 Å². The molecule has 7 heteroatoms. The smallest absolute Gasteiger partial charge is 0.273 e. The largest absolute Gasteiger partial charge is 0.445 e. The van der Waals surface area contributed by atoms with Crippen molar-refractivity contribution in [2.45, 2.75) is 32.7 Å². The first-order chi connectivity index (χ1) is 10.5. The monoisotopic (exact) mass is 303 g/mol. The van der Waals surface area contributed by atoms with E-state index in [-0.39, 0.29) is 11.9 Å². The van der Waals surface area contributed by atoms with Crippen LogP contribution in [-0.2, 0) is 7.05 Å². The number of carbonyl (C=O) groups is 1.